The van der Waals surface area contributed by atoms with E-state index < -0.39 is 11.4 Å². The Morgan fingerprint density at radius 3 is 2.22 bits per heavy atom. The fourth-order valence-corrected chi connectivity index (χ4v) is 3.31. The second-order valence-corrected chi connectivity index (χ2v) is 6.63. The zero-order chi connectivity index (χ0) is 17.2. The number of rotatable bonds is 6. The number of nitrogens with zero attached hydrogens (tertiary/aromatic N) is 1. The smallest absolute Gasteiger partial charge is 0.310 e. The summed E-state index contributed by atoms with van der Waals surface area (Å²) in [6.07, 6.45) is 2.18. The minimum atomic E-state index is -0.846. The Morgan fingerprint density at radius 2 is 1.83 bits per heavy atom. The summed E-state index contributed by atoms with van der Waals surface area (Å²) < 4.78 is 5.35. The van der Waals surface area contributed by atoms with Crippen molar-refractivity contribution in [3.05, 3.63) is 28.8 Å². The van der Waals surface area contributed by atoms with E-state index in [0.29, 0.717) is 19.4 Å². The predicted octanol–water partition coefficient (Wildman–Crippen LogP) is 2.92. The fourth-order valence-electron chi connectivity index (χ4n) is 3.31. The Kier molecular flexibility index (Phi) is 4.97. The van der Waals surface area contributed by atoms with E-state index in [2.05, 4.69) is 0 Å². The van der Waals surface area contributed by atoms with Gasteiger partial charge in [0, 0.05) is 20.0 Å². The molecule has 0 bridgehead atoms. The number of carbonyl (C=O) groups is 2. The van der Waals surface area contributed by atoms with Crippen LogP contribution >= 0.6 is 0 Å². The van der Waals surface area contributed by atoms with Crippen molar-refractivity contribution >= 4 is 11.9 Å². The largest absolute Gasteiger partial charge is 0.496 e. The van der Waals surface area contributed by atoms with Crippen molar-refractivity contribution in [1.82, 2.24) is 4.90 Å². The minimum Gasteiger partial charge on any atom is -0.496 e. The number of hydrogen-bond acceptors (Lipinski definition) is 3. The molecule has 5 heteroatoms. The van der Waals surface area contributed by atoms with Crippen LogP contribution in [0.2, 0.25) is 0 Å². The lowest BCUT2D eigenvalue weighted by Gasteiger charge is -2.38. The number of carboxylic acids is 1. The van der Waals surface area contributed by atoms with Crippen molar-refractivity contribution in [2.24, 2.45) is 5.41 Å². The molecule has 0 heterocycles. The monoisotopic (exact) mass is 319 g/mol. The van der Waals surface area contributed by atoms with Crippen molar-refractivity contribution in [1.29, 1.82) is 0 Å². The molecule has 0 radical (unpaired) electrons. The summed E-state index contributed by atoms with van der Waals surface area (Å²) in [4.78, 5) is 25.4. The molecule has 1 aliphatic carbocycles. The first kappa shape index (κ1) is 17.3. The quantitative estimate of drug-likeness (QED) is 0.875. The number of aliphatic carboxylic acids is 1. The van der Waals surface area contributed by atoms with Crippen LogP contribution in [0.25, 0.3) is 0 Å². The van der Waals surface area contributed by atoms with Crippen molar-refractivity contribution < 1.29 is 19.4 Å². The van der Waals surface area contributed by atoms with Crippen molar-refractivity contribution in [2.75, 3.05) is 14.2 Å². The second kappa shape index (κ2) is 6.60. The van der Waals surface area contributed by atoms with Gasteiger partial charge in [0.2, 0.25) is 5.91 Å². The average molecular weight is 319 g/mol. The van der Waals surface area contributed by atoms with E-state index in [-0.39, 0.29) is 12.3 Å². The van der Waals surface area contributed by atoms with Gasteiger partial charge in [0.05, 0.1) is 12.5 Å². The van der Waals surface area contributed by atoms with Crippen LogP contribution in [-0.2, 0) is 16.1 Å². The maximum atomic E-state index is 12.4. The van der Waals surface area contributed by atoms with Crippen molar-refractivity contribution in [2.45, 2.75) is 46.1 Å². The number of methoxy groups -OCH3 is 1. The first-order chi connectivity index (χ1) is 10.8. The molecule has 0 saturated heterocycles. The highest BCUT2D eigenvalue weighted by atomic mass is 16.5. The van der Waals surface area contributed by atoms with Gasteiger partial charge < -0.3 is 14.7 Å². The van der Waals surface area contributed by atoms with Crippen molar-refractivity contribution in [3.8, 4) is 5.75 Å². The van der Waals surface area contributed by atoms with E-state index >= 15 is 0 Å². The molecule has 0 atom stereocenters. The SMILES string of the molecule is COc1c(C)cc(CN(C)C(=O)CC2(C(=O)O)CCC2)cc1C. The lowest BCUT2D eigenvalue weighted by molar-refractivity contribution is -0.159. The molecule has 1 amide bonds. The van der Waals surface area contributed by atoms with E-state index in [0.717, 1.165) is 28.9 Å². The third-order valence-electron chi connectivity index (χ3n) is 4.82. The molecule has 0 unspecified atom stereocenters. The van der Waals surface area contributed by atoms with Crippen LogP contribution in [0.15, 0.2) is 12.1 Å². The van der Waals surface area contributed by atoms with Gasteiger partial charge in [-0.15, -0.1) is 0 Å². The Labute approximate surface area is 137 Å². The molecule has 126 valence electrons. The molecule has 5 nitrogen and oxygen atoms in total. The van der Waals surface area contributed by atoms with Gasteiger partial charge in [0.25, 0.3) is 0 Å². The molecule has 1 aliphatic rings. The number of amides is 1. The summed E-state index contributed by atoms with van der Waals surface area (Å²) in [5.41, 5.74) is 2.25. The van der Waals surface area contributed by atoms with Crippen LogP contribution in [0.4, 0.5) is 0 Å². The molecule has 1 aromatic carbocycles. The van der Waals surface area contributed by atoms with Gasteiger partial charge in [0.15, 0.2) is 0 Å². The minimum absolute atomic E-state index is 0.0902. The number of carbonyl (C=O) groups excluding carboxylic acids is 1. The number of benzene rings is 1. The van der Waals surface area contributed by atoms with Crippen LogP contribution in [0.3, 0.4) is 0 Å². The van der Waals surface area contributed by atoms with Crippen LogP contribution in [0.5, 0.6) is 5.75 Å². The third kappa shape index (κ3) is 3.49. The summed E-state index contributed by atoms with van der Waals surface area (Å²) in [6, 6.07) is 4.01. The second-order valence-electron chi connectivity index (χ2n) is 6.63. The van der Waals surface area contributed by atoms with E-state index in [1.807, 2.05) is 26.0 Å². The molecular formula is C18H25NO4. The number of hydrogen-bond donors (Lipinski definition) is 1. The predicted molar refractivity (Wildman–Crippen MR) is 87.5 cm³/mol. The Balaban J connectivity index is 2.05. The molecule has 0 aliphatic heterocycles. The number of carboxylic acid groups (broad SMARTS) is 1. The highest BCUT2D eigenvalue weighted by Gasteiger charge is 2.46. The Hall–Kier alpha value is -2.04. The summed E-state index contributed by atoms with van der Waals surface area (Å²) in [7, 11) is 3.38. The van der Waals surface area contributed by atoms with Gasteiger partial charge in [-0.25, -0.2) is 0 Å². The van der Waals surface area contributed by atoms with E-state index in [4.69, 9.17) is 4.74 Å². The number of aryl methyl sites for hydroxylation is 2. The van der Waals surface area contributed by atoms with Crippen molar-refractivity contribution in [3.63, 3.8) is 0 Å². The first-order valence-electron chi connectivity index (χ1n) is 7.90. The first-order valence-corrected chi connectivity index (χ1v) is 7.90. The normalized spacial score (nSPS) is 15.7. The maximum Gasteiger partial charge on any atom is 0.310 e. The van der Waals surface area contributed by atoms with Gasteiger partial charge in [-0.1, -0.05) is 18.6 Å². The molecule has 0 aromatic heterocycles. The fraction of sp³-hybridized carbons (Fsp3) is 0.556. The number of ether oxygens (including phenoxy) is 1. The summed E-state index contributed by atoms with van der Waals surface area (Å²) in [6.45, 7) is 4.43. The summed E-state index contributed by atoms with van der Waals surface area (Å²) in [5.74, 6) is -0.0955. The van der Waals surface area contributed by atoms with E-state index in [1.54, 1.807) is 19.1 Å². The molecule has 1 N–H and O–H groups in total. The van der Waals surface area contributed by atoms with Gasteiger partial charge in [-0.05, 0) is 43.4 Å². The summed E-state index contributed by atoms with van der Waals surface area (Å²) >= 11 is 0. The molecule has 2 rings (SSSR count). The van der Waals surface area contributed by atoms with Gasteiger partial charge in [-0.3, -0.25) is 9.59 Å². The highest BCUT2D eigenvalue weighted by Crippen LogP contribution is 2.44. The zero-order valence-corrected chi connectivity index (χ0v) is 14.3. The zero-order valence-electron chi connectivity index (χ0n) is 14.3. The van der Waals surface area contributed by atoms with E-state index in [9.17, 15) is 14.7 Å². The van der Waals surface area contributed by atoms with Crippen LogP contribution in [-0.4, -0.2) is 36.0 Å². The molecule has 0 spiro atoms. The lowest BCUT2D eigenvalue weighted by atomic mass is 9.66. The van der Waals surface area contributed by atoms with Crippen LogP contribution < -0.4 is 4.74 Å². The van der Waals surface area contributed by atoms with Gasteiger partial charge in [0.1, 0.15) is 5.75 Å². The molecule has 1 saturated carbocycles. The maximum absolute atomic E-state index is 12.4. The Bertz CT molecular complexity index is 596. The third-order valence-corrected chi connectivity index (χ3v) is 4.82. The molecule has 1 fully saturated rings. The summed E-state index contributed by atoms with van der Waals surface area (Å²) in [5, 5.41) is 9.35. The topological polar surface area (TPSA) is 66.8 Å². The molecular weight excluding hydrogens is 294 g/mol. The highest BCUT2D eigenvalue weighted by molar-refractivity contribution is 5.85. The van der Waals surface area contributed by atoms with Crippen LogP contribution in [0, 0.1) is 19.3 Å². The van der Waals surface area contributed by atoms with Gasteiger partial charge >= 0.3 is 5.97 Å². The van der Waals surface area contributed by atoms with Gasteiger partial charge in [-0.2, -0.15) is 0 Å². The molecule has 1 aromatic rings. The average Bonchev–Trinajstić information content (AvgIpc) is 2.41. The lowest BCUT2D eigenvalue weighted by Crippen LogP contribution is -2.42. The van der Waals surface area contributed by atoms with Crippen LogP contribution in [0.1, 0.15) is 42.4 Å². The Morgan fingerprint density at radius 1 is 1.26 bits per heavy atom. The molecule has 23 heavy (non-hydrogen) atoms. The van der Waals surface area contributed by atoms with E-state index in [1.165, 1.54) is 0 Å². The standard InChI is InChI=1S/C18H25NO4/c1-12-8-14(9-13(2)16(12)23-4)11-19(3)15(20)10-18(17(21)22)6-5-7-18/h8-9H,5-7,10-11H2,1-4H3,(H,21,22).